The fourth-order valence-electron chi connectivity index (χ4n) is 3.58. The summed E-state index contributed by atoms with van der Waals surface area (Å²) in [5.41, 5.74) is 0. The number of likely N-dealkylation sites (tertiary alicyclic amines) is 1. The molecule has 1 saturated carbocycles. The molecule has 0 bridgehead atoms. The van der Waals surface area contributed by atoms with Crippen LogP contribution in [0.25, 0.3) is 0 Å². The lowest BCUT2D eigenvalue weighted by Crippen LogP contribution is -2.50. The highest BCUT2D eigenvalue weighted by Crippen LogP contribution is 2.31. The van der Waals surface area contributed by atoms with Crippen LogP contribution in [0.15, 0.2) is 0 Å². The first-order chi connectivity index (χ1) is 9.74. The van der Waals surface area contributed by atoms with E-state index in [1.54, 1.807) is 0 Å². The van der Waals surface area contributed by atoms with Crippen LogP contribution in [0.2, 0.25) is 0 Å². The Bertz CT molecular complexity index is 331. The van der Waals surface area contributed by atoms with Crippen LogP contribution in [0.3, 0.4) is 0 Å². The third-order valence-electron chi connectivity index (χ3n) is 5.13. The van der Waals surface area contributed by atoms with Crippen molar-refractivity contribution in [2.45, 2.75) is 57.5 Å². The molecule has 114 valence electrons. The van der Waals surface area contributed by atoms with Gasteiger partial charge in [-0.1, -0.05) is 0 Å². The Kier molecular flexibility index (Phi) is 4.61. The zero-order valence-corrected chi connectivity index (χ0v) is 12.8. The van der Waals surface area contributed by atoms with Crippen molar-refractivity contribution in [3.63, 3.8) is 0 Å². The number of nitrogens with one attached hydrogen (secondary N) is 1. The molecule has 1 amide bonds. The van der Waals surface area contributed by atoms with E-state index in [-0.39, 0.29) is 6.04 Å². The largest absolute Gasteiger partial charge is 0.341 e. The van der Waals surface area contributed by atoms with Crippen molar-refractivity contribution in [3.8, 4) is 0 Å². The zero-order chi connectivity index (χ0) is 13.9. The number of hydrogen-bond donors (Lipinski definition) is 1. The van der Waals surface area contributed by atoms with Gasteiger partial charge in [0.15, 0.2) is 0 Å². The summed E-state index contributed by atoms with van der Waals surface area (Å²) in [6.07, 6.45) is 7.65. The third-order valence-corrected chi connectivity index (χ3v) is 5.13. The Morgan fingerprint density at radius 2 is 1.95 bits per heavy atom. The highest BCUT2D eigenvalue weighted by Gasteiger charge is 2.33. The van der Waals surface area contributed by atoms with Crippen molar-refractivity contribution in [2.75, 3.05) is 32.7 Å². The normalized spacial score (nSPS) is 28.3. The summed E-state index contributed by atoms with van der Waals surface area (Å²) >= 11 is 0. The van der Waals surface area contributed by atoms with Crippen LogP contribution in [-0.2, 0) is 4.79 Å². The summed E-state index contributed by atoms with van der Waals surface area (Å²) in [5, 5.41) is 3.58. The minimum Gasteiger partial charge on any atom is -0.341 e. The molecule has 2 heterocycles. The molecular weight excluding hydrogens is 250 g/mol. The molecule has 0 aromatic heterocycles. The van der Waals surface area contributed by atoms with Gasteiger partial charge in [0.1, 0.15) is 0 Å². The van der Waals surface area contributed by atoms with Gasteiger partial charge < -0.3 is 10.2 Å². The number of nitrogens with zero attached hydrogens (tertiary/aromatic N) is 2. The van der Waals surface area contributed by atoms with E-state index in [2.05, 4.69) is 22.0 Å². The lowest BCUT2D eigenvalue weighted by molar-refractivity contribution is -0.135. The van der Waals surface area contributed by atoms with Crippen LogP contribution in [0, 0.1) is 5.92 Å². The van der Waals surface area contributed by atoms with Gasteiger partial charge in [0, 0.05) is 32.2 Å². The molecule has 20 heavy (non-hydrogen) atoms. The fraction of sp³-hybridized carbons (Fsp3) is 0.938. The predicted molar refractivity (Wildman–Crippen MR) is 80.6 cm³/mol. The number of hydrogen-bond acceptors (Lipinski definition) is 3. The SMILES string of the molecule is CC(C(=O)N1CCCC1)N(CC1CC1)CC1CCCN1. The van der Waals surface area contributed by atoms with Gasteiger partial charge >= 0.3 is 0 Å². The number of carbonyl (C=O) groups is 1. The number of rotatable bonds is 6. The summed E-state index contributed by atoms with van der Waals surface area (Å²) < 4.78 is 0. The summed E-state index contributed by atoms with van der Waals surface area (Å²) in [5.74, 6) is 1.21. The van der Waals surface area contributed by atoms with Gasteiger partial charge in [-0.3, -0.25) is 9.69 Å². The summed E-state index contributed by atoms with van der Waals surface area (Å²) in [7, 11) is 0. The average molecular weight is 279 g/mol. The van der Waals surface area contributed by atoms with Gasteiger partial charge in [-0.15, -0.1) is 0 Å². The summed E-state index contributed by atoms with van der Waals surface area (Å²) in [4.78, 5) is 17.2. The standard InChI is InChI=1S/C16H29N3O/c1-13(16(20)18-9-2-3-10-18)19(11-14-6-7-14)12-15-5-4-8-17-15/h13-15,17H,2-12H2,1H3. The first kappa shape index (κ1) is 14.3. The maximum Gasteiger partial charge on any atom is 0.239 e. The van der Waals surface area contributed by atoms with E-state index in [1.807, 2.05) is 0 Å². The monoisotopic (exact) mass is 279 g/mol. The van der Waals surface area contributed by atoms with Gasteiger partial charge in [0.05, 0.1) is 6.04 Å². The third kappa shape index (κ3) is 3.53. The molecule has 3 fully saturated rings. The van der Waals surface area contributed by atoms with E-state index >= 15 is 0 Å². The summed E-state index contributed by atoms with van der Waals surface area (Å²) in [6.45, 7) is 7.40. The Labute approximate surface area is 122 Å². The van der Waals surface area contributed by atoms with E-state index in [0.29, 0.717) is 11.9 Å². The molecule has 3 rings (SSSR count). The maximum absolute atomic E-state index is 12.6. The van der Waals surface area contributed by atoms with E-state index < -0.39 is 0 Å². The molecule has 1 N–H and O–H groups in total. The first-order valence-corrected chi connectivity index (χ1v) is 8.50. The summed E-state index contributed by atoms with van der Waals surface area (Å²) in [6, 6.07) is 0.665. The minimum absolute atomic E-state index is 0.0658. The van der Waals surface area contributed by atoms with Crippen LogP contribution >= 0.6 is 0 Å². The van der Waals surface area contributed by atoms with Gasteiger partial charge in [-0.2, -0.15) is 0 Å². The molecule has 2 saturated heterocycles. The topological polar surface area (TPSA) is 35.6 Å². The molecule has 0 spiro atoms. The average Bonchev–Trinajstić information content (AvgIpc) is 2.95. The highest BCUT2D eigenvalue weighted by atomic mass is 16.2. The molecule has 0 aromatic carbocycles. The van der Waals surface area contributed by atoms with Crippen LogP contribution in [-0.4, -0.2) is 60.5 Å². The molecule has 4 heteroatoms. The van der Waals surface area contributed by atoms with Crippen LogP contribution in [0.5, 0.6) is 0 Å². The molecule has 1 aliphatic carbocycles. The van der Waals surface area contributed by atoms with E-state index in [9.17, 15) is 4.79 Å². The highest BCUT2D eigenvalue weighted by molar-refractivity contribution is 5.81. The fourth-order valence-corrected chi connectivity index (χ4v) is 3.58. The van der Waals surface area contributed by atoms with Gasteiger partial charge in [-0.05, 0) is 57.9 Å². The molecule has 4 nitrogen and oxygen atoms in total. The van der Waals surface area contributed by atoms with Crippen molar-refractivity contribution >= 4 is 5.91 Å². The van der Waals surface area contributed by atoms with Gasteiger partial charge in [0.25, 0.3) is 0 Å². The Morgan fingerprint density at radius 1 is 1.20 bits per heavy atom. The second-order valence-corrected chi connectivity index (χ2v) is 6.90. The lowest BCUT2D eigenvalue weighted by Gasteiger charge is -2.33. The van der Waals surface area contributed by atoms with Crippen LogP contribution in [0.1, 0.15) is 45.4 Å². The molecule has 0 radical (unpaired) electrons. The van der Waals surface area contributed by atoms with E-state index in [4.69, 9.17) is 0 Å². The van der Waals surface area contributed by atoms with Crippen molar-refractivity contribution in [2.24, 2.45) is 5.92 Å². The van der Waals surface area contributed by atoms with Crippen molar-refractivity contribution in [3.05, 3.63) is 0 Å². The van der Waals surface area contributed by atoms with Crippen molar-refractivity contribution < 1.29 is 4.79 Å². The Balaban J connectivity index is 1.58. The quantitative estimate of drug-likeness (QED) is 0.799. The smallest absolute Gasteiger partial charge is 0.239 e. The Morgan fingerprint density at radius 3 is 2.55 bits per heavy atom. The van der Waals surface area contributed by atoms with Gasteiger partial charge in [0.2, 0.25) is 5.91 Å². The number of amides is 1. The van der Waals surface area contributed by atoms with Crippen LogP contribution in [0.4, 0.5) is 0 Å². The molecule has 2 aliphatic heterocycles. The molecule has 3 aliphatic rings. The lowest BCUT2D eigenvalue weighted by atomic mass is 10.1. The molecular formula is C16H29N3O. The van der Waals surface area contributed by atoms with E-state index in [0.717, 1.165) is 38.6 Å². The zero-order valence-electron chi connectivity index (χ0n) is 12.8. The molecule has 2 unspecified atom stereocenters. The Hall–Kier alpha value is -0.610. The second-order valence-electron chi connectivity index (χ2n) is 6.90. The van der Waals surface area contributed by atoms with Gasteiger partial charge in [-0.25, -0.2) is 0 Å². The maximum atomic E-state index is 12.6. The first-order valence-electron chi connectivity index (χ1n) is 8.50. The molecule has 2 atom stereocenters. The van der Waals surface area contributed by atoms with Crippen molar-refractivity contribution in [1.29, 1.82) is 0 Å². The van der Waals surface area contributed by atoms with Crippen LogP contribution < -0.4 is 5.32 Å². The van der Waals surface area contributed by atoms with Crippen molar-refractivity contribution in [1.82, 2.24) is 15.1 Å². The number of carbonyl (C=O) groups excluding carboxylic acids is 1. The second kappa shape index (κ2) is 6.44. The predicted octanol–water partition coefficient (Wildman–Crippen LogP) is 1.46. The minimum atomic E-state index is 0.0658. The molecule has 0 aromatic rings. The van der Waals surface area contributed by atoms with E-state index in [1.165, 1.54) is 38.5 Å².